The summed E-state index contributed by atoms with van der Waals surface area (Å²) >= 11 is 0. The highest BCUT2D eigenvalue weighted by Gasteiger charge is 2.27. The normalized spacial score (nSPS) is 37.7. The molecule has 0 aliphatic carbocycles. The third-order valence-electron chi connectivity index (χ3n) is 2.10. The first-order valence-electron chi connectivity index (χ1n) is 3.48. The van der Waals surface area contributed by atoms with E-state index in [1.54, 1.807) is 7.11 Å². The molecule has 0 aromatic carbocycles. The first-order valence-corrected chi connectivity index (χ1v) is 3.48. The van der Waals surface area contributed by atoms with E-state index in [2.05, 4.69) is 18.9 Å². The molecule has 0 amide bonds. The summed E-state index contributed by atoms with van der Waals surface area (Å²) in [7, 11) is 3.89. The van der Waals surface area contributed by atoms with Gasteiger partial charge >= 0.3 is 0 Å². The monoisotopic (exact) mass is 129 g/mol. The topological polar surface area (TPSA) is 12.5 Å². The maximum absolute atomic E-state index is 5.26. The fourth-order valence-corrected chi connectivity index (χ4v) is 1.52. The molecule has 0 saturated carbocycles. The molecule has 1 saturated heterocycles. The van der Waals surface area contributed by atoms with Crippen LogP contribution < -0.4 is 0 Å². The van der Waals surface area contributed by atoms with Gasteiger partial charge in [0.1, 0.15) is 6.23 Å². The molecule has 0 aromatic rings. The van der Waals surface area contributed by atoms with Gasteiger partial charge in [0.25, 0.3) is 0 Å². The van der Waals surface area contributed by atoms with E-state index in [4.69, 9.17) is 4.74 Å². The number of rotatable bonds is 1. The second-order valence-electron chi connectivity index (χ2n) is 2.87. The number of likely N-dealkylation sites (tertiary alicyclic amines) is 1. The van der Waals surface area contributed by atoms with E-state index in [-0.39, 0.29) is 0 Å². The Kier molecular flexibility index (Phi) is 2.09. The van der Waals surface area contributed by atoms with Crippen molar-refractivity contribution in [2.45, 2.75) is 19.6 Å². The number of hydrogen-bond donors (Lipinski definition) is 0. The molecule has 2 atom stereocenters. The number of nitrogens with zero attached hydrogens (tertiary/aromatic N) is 1. The molecular formula is C7H15NO. The standard InChI is InChI=1S/C7H15NO/c1-6-4-5-8(2)7(6)9-3/h6-7H,4-5H2,1-3H3. The molecular weight excluding hydrogens is 114 g/mol. The molecule has 1 heterocycles. The van der Waals surface area contributed by atoms with E-state index in [9.17, 15) is 0 Å². The Morgan fingerprint density at radius 3 is 2.44 bits per heavy atom. The van der Waals surface area contributed by atoms with Crippen LogP contribution in [0.4, 0.5) is 0 Å². The summed E-state index contributed by atoms with van der Waals surface area (Å²) in [5.74, 6) is 0.708. The largest absolute Gasteiger partial charge is 0.366 e. The van der Waals surface area contributed by atoms with Gasteiger partial charge in [-0.25, -0.2) is 0 Å². The third-order valence-corrected chi connectivity index (χ3v) is 2.10. The highest BCUT2D eigenvalue weighted by atomic mass is 16.5. The fraction of sp³-hybridized carbons (Fsp3) is 1.00. The minimum Gasteiger partial charge on any atom is -0.366 e. The Morgan fingerprint density at radius 1 is 1.56 bits per heavy atom. The van der Waals surface area contributed by atoms with Crippen molar-refractivity contribution in [3.63, 3.8) is 0 Å². The van der Waals surface area contributed by atoms with Crippen molar-refractivity contribution >= 4 is 0 Å². The maximum Gasteiger partial charge on any atom is 0.112 e. The minimum atomic E-state index is 0.366. The lowest BCUT2D eigenvalue weighted by Gasteiger charge is -2.20. The summed E-state index contributed by atoms with van der Waals surface area (Å²) in [6, 6.07) is 0. The van der Waals surface area contributed by atoms with E-state index in [1.807, 2.05) is 0 Å². The van der Waals surface area contributed by atoms with Crippen molar-refractivity contribution < 1.29 is 4.74 Å². The SMILES string of the molecule is COC1C(C)CCN1C. The van der Waals surface area contributed by atoms with E-state index in [0.717, 1.165) is 0 Å². The first-order chi connectivity index (χ1) is 4.25. The lowest BCUT2D eigenvalue weighted by atomic mass is 10.1. The third kappa shape index (κ3) is 1.25. The van der Waals surface area contributed by atoms with Gasteiger partial charge in [-0.15, -0.1) is 0 Å². The van der Waals surface area contributed by atoms with Crippen LogP contribution in [0.25, 0.3) is 0 Å². The van der Waals surface area contributed by atoms with Crippen molar-refractivity contribution in [2.24, 2.45) is 5.92 Å². The highest BCUT2D eigenvalue weighted by molar-refractivity contribution is 4.74. The molecule has 2 nitrogen and oxygen atoms in total. The van der Waals surface area contributed by atoms with Crippen LogP contribution in [-0.4, -0.2) is 31.8 Å². The van der Waals surface area contributed by atoms with Crippen LogP contribution in [0.3, 0.4) is 0 Å². The average Bonchev–Trinajstić information content (AvgIpc) is 2.12. The molecule has 1 rings (SSSR count). The summed E-state index contributed by atoms with van der Waals surface area (Å²) in [6.45, 7) is 3.41. The molecule has 0 spiro atoms. The van der Waals surface area contributed by atoms with Crippen molar-refractivity contribution in [2.75, 3.05) is 20.7 Å². The van der Waals surface area contributed by atoms with Gasteiger partial charge in [-0.3, -0.25) is 4.90 Å². The molecule has 54 valence electrons. The number of ether oxygens (including phenoxy) is 1. The van der Waals surface area contributed by atoms with Crippen LogP contribution in [0, 0.1) is 5.92 Å². The van der Waals surface area contributed by atoms with Gasteiger partial charge < -0.3 is 4.74 Å². The van der Waals surface area contributed by atoms with Crippen LogP contribution in [-0.2, 0) is 4.74 Å². The van der Waals surface area contributed by atoms with Crippen LogP contribution >= 0.6 is 0 Å². The molecule has 9 heavy (non-hydrogen) atoms. The molecule has 2 unspecified atom stereocenters. The minimum absolute atomic E-state index is 0.366. The summed E-state index contributed by atoms with van der Waals surface area (Å²) in [4.78, 5) is 2.25. The van der Waals surface area contributed by atoms with Gasteiger partial charge in [-0.05, 0) is 19.4 Å². The van der Waals surface area contributed by atoms with Gasteiger partial charge in [-0.1, -0.05) is 6.92 Å². The van der Waals surface area contributed by atoms with E-state index >= 15 is 0 Å². The Hall–Kier alpha value is -0.0800. The zero-order valence-corrected chi connectivity index (χ0v) is 6.42. The Bertz CT molecular complexity index is 84.9. The fourth-order valence-electron chi connectivity index (χ4n) is 1.52. The van der Waals surface area contributed by atoms with Crippen LogP contribution in [0.15, 0.2) is 0 Å². The van der Waals surface area contributed by atoms with Gasteiger partial charge in [0.15, 0.2) is 0 Å². The summed E-state index contributed by atoms with van der Waals surface area (Å²) in [5, 5.41) is 0. The van der Waals surface area contributed by atoms with Crippen molar-refractivity contribution in [1.29, 1.82) is 0 Å². The molecule has 1 aliphatic heterocycles. The molecule has 0 bridgehead atoms. The summed E-state index contributed by atoms with van der Waals surface area (Å²) in [5.41, 5.74) is 0. The summed E-state index contributed by atoms with van der Waals surface area (Å²) in [6.07, 6.45) is 1.64. The predicted octanol–water partition coefficient (Wildman–Crippen LogP) is 0.930. The van der Waals surface area contributed by atoms with Crippen LogP contribution in [0.5, 0.6) is 0 Å². The molecule has 1 aliphatic rings. The van der Waals surface area contributed by atoms with Gasteiger partial charge in [0, 0.05) is 13.7 Å². The van der Waals surface area contributed by atoms with Crippen LogP contribution in [0.2, 0.25) is 0 Å². The quantitative estimate of drug-likeness (QED) is 0.522. The molecule has 0 N–H and O–H groups in total. The molecule has 0 aromatic heterocycles. The zero-order valence-electron chi connectivity index (χ0n) is 6.42. The number of methoxy groups -OCH3 is 1. The van der Waals surface area contributed by atoms with E-state index in [1.165, 1.54) is 13.0 Å². The summed E-state index contributed by atoms with van der Waals surface area (Å²) < 4.78 is 5.26. The van der Waals surface area contributed by atoms with Gasteiger partial charge in [0.2, 0.25) is 0 Å². The van der Waals surface area contributed by atoms with Gasteiger partial charge in [0.05, 0.1) is 0 Å². The highest BCUT2D eigenvalue weighted by Crippen LogP contribution is 2.21. The number of hydrogen-bond acceptors (Lipinski definition) is 2. The average molecular weight is 129 g/mol. The second kappa shape index (κ2) is 2.67. The van der Waals surface area contributed by atoms with Crippen molar-refractivity contribution in [3.05, 3.63) is 0 Å². The second-order valence-corrected chi connectivity index (χ2v) is 2.87. The smallest absolute Gasteiger partial charge is 0.112 e. The molecule has 0 radical (unpaired) electrons. The maximum atomic E-state index is 5.26. The molecule has 2 heteroatoms. The Morgan fingerprint density at radius 2 is 2.22 bits per heavy atom. The van der Waals surface area contributed by atoms with Gasteiger partial charge in [-0.2, -0.15) is 0 Å². The zero-order chi connectivity index (χ0) is 6.85. The Balaban J connectivity index is 2.44. The lowest BCUT2D eigenvalue weighted by Crippen LogP contribution is -2.29. The van der Waals surface area contributed by atoms with Crippen molar-refractivity contribution in [1.82, 2.24) is 4.90 Å². The lowest BCUT2D eigenvalue weighted by molar-refractivity contribution is -0.0135. The first kappa shape index (κ1) is 7.03. The molecule has 1 fully saturated rings. The Labute approximate surface area is 56.8 Å². The van der Waals surface area contributed by atoms with E-state index < -0.39 is 0 Å². The predicted molar refractivity (Wildman–Crippen MR) is 37.2 cm³/mol. The van der Waals surface area contributed by atoms with E-state index in [0.29, 0.717) is 12.1 Å². The van der Waals surface area contributed by atoms with Crippen molar-refractivity contribution in [3.8, 4) is 0 Å². The van der Waals surface area contributed by atoms with Crippen LogP contribution in [0.1, 0.15) is 13.3 Å².